The zero-order chi connectivity index (χ0) is 19.0. The Bertz CT molecular complexity index is 1100. The number of rotatable bonds is 5. The Morgan fingerprint density at radius 3 is 2.63 bits per heavy atom. The largest absolute Gasteiger partial charge is 0.334 e. The minimum atomic E-state index is -0.391. The molecule has 8 nitrogen and oxygen atoms in total. The molecule has 0 aliphatic carbocycles. The Hall–Kier alpha value is -3.33. The summed E-state index contributed by atoms with van der Waals surface area (Å²) in [6, 6.07) is 11.5. The van der Waals surface area contributed by atoms with Gasteiger partial charge in [-0.15, -0.1) is 11.3 Å². The van der Waals surface area contributed by atoms with Crippen molar-refractivity contribution in [3.8, 4) is 22.2 Å². The van der Waals surface area contributed by atoms with Crippen LogP contribution in [-0.4, -0.2) is 24.8 Å². The highest BCUT2D eigenvalue weighted by Gasteiger charge is 2.21. The Morgan fingerprint density at radius 2 is 2.00 bits per heavy atom. The molecule has 1 aromatic carbocycles. The Labute approximate surface area is 158 Å². The maximum absolute atomic E-state index is 11.1. The minimum Gasteiger partial charge on any atom is -0.334 e. The third-order valence-corrected chi connectivity index (χ3v) is 5.09. The number of hydrogen-bond donors (Lipinski definition) is 0. The Balaban J connectivity index is 1.55. The number of thiophene rings is 1. The Kier molecular flexibility index (Phi) is 4.28. The summed E-state index contributed by atoms with van der Waals surface area (Å²) < 4.78 is 6.99. The molecule has 0 atom stereocenters. The number of aromatic nitrogens is 4. The van der Waals surface area contributed by atoms with Crippen LogP contribution in [0.15, 0.2) is 46.3 Å². The summed E-state index contributed by atoms with van der Waals surface area (Å²) in [4.78, 5) is 16.1. The van der Waals surface area contributed by atoms with Gasteiger partial charge in [0.2, 0.25) is 5.82 Å². The Morgan fingerprint density at radius 1 is 1.22 bits per heavy atom. The number of nitro groups is 1. The van der Waals surface area contributed by atoms with Crippen LogP contribution in [0.3, 0.4) is 0 Å². The van der Waals surface area contributed by atoms with Crippen LogP contribution < -0.4 is 0 Å². The van der Waals surface area contributed by atoms with Gasteiger partial charge >= 0.3 is 5.69 Å². The lowest BCUT2D eigenvalue weighted by Gasteiger charge is -2.04. The summed E-state index contributed by atoms with van der Waals surface area (Å²) in [5.74, 6) is 1.02. The van der Waals surface area contributed by atoms with Gasteiger partial charge in [-0.2, -0.15) is 10.1 Å². The van der Waals surface area contributed by atoms with Crippen LogP contribution in [-0.2, 0) is 6.54 Å². The smallest absolute Gasteiger partial charge is 0.312 e. The molecule has 9 heteroatoms. The van der Waals surface area contributed by atoms with E-state index in [-0.39, 0.29) is 5.69 Å². The van der Waals surface area contributed by atoms with Gasteiger partial charge in [0.05, 0.1) is 16.3 Å². The third-order valence-electron chi connectivity index (χ3n) is 4.23. The van der Waals surface area contributed by atoms with Crippen LogP contribution in [0.2, 0.25) is 0 Å². The molecule has 0 saturated carbocycles. The average Bonchev–Trinajstić information content (AvgIpc) is 3.37. The summed E-state index contributed by atoms with van der Waals surface area (Å²) in [7, 11) is 0. The molecule has 3 heterocycles. The van der Waals surface area contributed by atoms with E-state index < -0.39 is 4.92 Å². The molecule has 0 amide bonds. The third kappa shape index (κ3) is 3.24. The van der Waals surface area contributed by atoms with E-state index in [2.05, 4.69) is 15.2 Å². The van der Waals surface area contributed by atoms with Gasteiger partial charge in [-0.25, -0.2) is 0 Å². The van der Waals surface area contributed by atoms with E-state index in [1.807, 2.05) is 41.8 Å². The standard InChI is InChI=1S/C18H15N5O3S/c1-11-16(23(24)25)12(2)22(20-11)10-13-5-7-14(8-6-13)18-19-17(21-26-18)15-4-3-9-27-15/h3-9H,10H2,1-2H3. The summed E-state index contributed by atoms with van der Waals surface area (Å²) in [6.07, 6.45) is 0. The van der Waals surface area contributed by atoms with E-state index in [0.717, 1.165) is 16.0 Å². The van der Waals surface area contributed by atoms with E-state index in [4.69, 9.17) is 4.52 Å². The molecule has 0 bridgehead atoms. The van der Waals surface area contributed by atoms with E-state index in [9.17, 15) is 10.1 Å². The topological polar surface area (TPSA) is 99.9 Å². The van der Waals surface area contributed by atoms with Gasteiger partial charge in [-0.05, 0) is 43.0 Å². The number of benzene rings is 1. The molecule has 4 rings (SSSR count). The van der Waals surface area contributed by atoms with E-state index in [1.54, 1.807) is 29.9 Å². The quantitative estimate of drug-likeness (QED) is 0.379. The zero-order valence-electron chi connectivity index (χ0n) is 14.6. The van der Waals surface area contributed by atoms with Gasteiger partial charge in [-0.3, -0.25) is 14.8 Å². The highest BCUT2D eigenvalue weighted by atomic mass is 32.1. The van der Waals surface area contributed by atoms with Crippen molar-refractivity contribution in [1.82, 2.24) is 19.9 Å². The first kappa shape index (κ1) is 17.1. The predicted molar refractivity (Wildman–Crippen MR) is 101 cm³/mol. The molecular weight excluding hydrogens is 366 g/mol. The minimum absolute atomic E-state index is 0.0681. The fourth-order valence-corrected chi connectivity index (χ4v) is 3.53. The monoisotopic (exact) mass is 381 g/mol. The van der Waals surface area contributed by atoms with E-state index in [1.165, 1.54) is 0 Å². The van der Waals surface area contributed by atoms with Gasteiger partial charge in [0.25, 0.3) is 5.89 Å². The number of nitrogens with zero attached hydrogens (tertiary/aromatic N) is 5. The fourth-order valence-electron chi connectivity index (χ4n) is 2.88. The van der Waals surface area contributed by atoms with Gasteiger partial charge < -0.3 is 4.52 Å². The molecule has 0 N–H and O–H groups in total. The van der Waals surface area contributed by atoms with Gasteiger partial charge in [0, 0.05) is 5.56 Å². The molecule has 0 spiro atoms. The first-order valence-electron chi connectivity index (χ1n) is 8.18. The van der Waals surface area contributed by atoms with Crippen LogP contribution in [0.4, 0.5) is 5.69 Å². The van der Waals surface area contributed by atoms with Gasteiger partial charge in [-0.1, -0.05) is 23.4 Å². The van der Waals surface area contributed by atoms with Crippen molar-refractivity contribution in [1.29, 1.82) is 0 Å². The zero-order valence-corrected chi connectivity index (χ0v) is 15.4. The molecule has 0 aliphatic heterocycles. The highest BCUT2D eigenvalue weighted by molar-refractivity contribution is 7.13. The fraction of sp³-hybridized carbons (Fsp3) is 0.167. The van der Waals surface area contributed by atoms with Crippen LogP contribution >= 0.6 is 11.3 Å². The lowest BCUT2D eigenvalue weighted by Crippen LogP contribution is -2.04. The van der Waals surface area contributed by atoms with Crippen molar-refractivity contribution in [2.45, 2.75) is 20.4 Å². The van der Waals surface area contributed by atoms with E-state index in [0.29, 0.717) is 29.6 Å². The summed E-state index contributed by atoms with van der Waals surface area (Å²) >= 11 is 1.55. The number of hydrogen-bond acceptors (Lipinski definition) is 7. The highest BCUT2D eigenvalue weighted by Crippen LogP contribution is 2.26. The number of aryl methyl sites for hydroxylation is 1. The molecule has 0 aliphatic rings. The van der Waals surface area contributed by atoms with Crippen molar-refractivity contribution in [2.75, 3.05) is 0 Å². The molecular formula is C18H15N5O3S. The summed E-state index contributed by atoms with van der Waals surface area (Å²) in [5.41, 5.74) is 2.81. The summed E-state index contributed by atoms with van der Waals surface area (Å²) in [5, 5.41) is 21.4. The van der Waals surface area contributed by atoms with Crippen LogP contribution in [0.25, 0.3) is 22.2 Å². The SMILES string of the molecule is Cc1nn(Cc2ccc(-c3nc(-c4cccs4)no3)cc2)c(C)c1[N+](=O)[O-]. The molecule has 4 aromatic rings. The second-order valence-electron chi connectivity index (χ2n) is 6.03. The molecule has 0 fully saturated rings. The first-order chi connectivity index (χ1) is 13.0. The first-order valence-corrected chi connectivity index (χ1v) is 9.06. The maximum atomic E-state index is 11.1. The van der Waals surface area contributed by atoms with Crippen LogP contribution in [0, 0.1) is 24.0 Å². The molecule has 27 heavy (non-hydrogen) atoms. The normalized spacial score (nSPS) is 11.0. The second-order valence-corrected chi connectivity index (χ2v) is 6.98. The van der Waals surface area contributed by atoms with Crippen molar-refractivity contribution in [3.63, 3.8) is 0 Å². The van der Waals surface area contributed by atoms with E-state index >= 15 is 0 Å². The van der Waals surface area contributed by atoms with Crippen LogP contribution in [0.1, 0.15) is 17.0 Å². The van der Waals surface area contributed by atoms with Crippen LogP contribution in [0.5, 0.6) is 0 Å². The molecule has 3 aromatic heterocycles. The van der Waals surface area contributed by atoms with Crippen molar-refractivity contribution in [2.24, 2.45) is 0 Å². The molecule has 0 radical (unpaired) electrons. The second kappa shape index (κ2) is 6.76. The van der Waals surface area contributed by atoms with Crippen molar-refractivity contribution < 1.29 is 9.45 Å². The molecule has 136 valence electrons. The predicted octanol–water partition coefficient (Wildman–Crippen LogP) is 4.23. The average molecular weight is 381 g/mol. The summed E-state index contributed by atoms with van der Waals surface area (Å²) in [6.45, 7) is 3.80. The van der Waals surface area contributed by atoms with Gasteiger partial charge in [0.1, 0.15) is 11.4 Å². The van der Waals surface area contributed by atoms with Crippen molar-refractivity contribution >= 4 is 17.0 Å². The lowest BCUT2D eigenvalue weighted by atomic mass is 10.1. The van der Waals surface area contributed by atoms with Crippen molar-refractivity contribution in [3.05, 3.63) is 68.8 Å². The molecule has 0 unspecified atom stereocenters. The maximum Gasteiger partial charge on any atom is 0.312 e. The lowest BCUT2D eigenvalue weighted by molar-refractivity contribution is -0.386. The van der Waals surface area contributed by atoms with Gasteiger partial charge in [0.15, 0.2) is 0 Å². The molecule has 0 saturated heterocycles.